The molecule has 140 valence electrons. The van der Waals surface area contributed by atoms with Gasteiger partial charge in [-0.15, -0.1) is 0 Å². The Balaban J connectivity index is 1.30. The third-order valence-electron chi connectivity index (χ3n) is 4.89. The molecular weight excluding hydrogens is 377 g/mol. The van der Waals surface area contributed by atoms with Crippen molar-refractivity contribution in [3.63, 3.8) is 0 Å². The Morgan fingerprint density at radius 1 is 0.929 bits per heavy atom. The molecule has 0 unspecified atom stereocenters. The zero-order chi connectivity index (χ0) is 19.1. The van der Waals surface area contributed by atoms with Crippen LogP contribution >= 0.6 is 11.3 Å². The quantitative estimate of drug-likeness (QED) is 0.523. The maximum absolute atomic E-state index is 13.4. The van der Waals surface area contributed by atoms with Gasteiger partial charge >= 0.3 is 0 Å². The first-order chi connectivity index (χ1) is 13.7. The molecule has 28 heavy (non-hydrogen) atoms. The van der Waals surface area contributed by atoms with Crippen molar-refractivity contribution < 1.29 is 9.18 Å². The van der Waals surface area contributed by atoms with Crippen molar-refractivity contribution in [1.82, 2.24) is 19.9 Å². The van der Waals surface area contributed by atoms with Gasteiger partial charge in [-0.2, -0.15) is 0 Å². The van der Waals surface area contributed by atoms with E-state index in [9.17, 15) is 9.18 Å². The van der Waals surface area contributed by atoms with Crippen LogP contribution in [0, 0.1) is 5.82 Å². The number of rotatable bonds is 2. The number of hydrogen-bond donors (Lipinski definition) is 0. The van der Waals surface area contributed by atoms with Crippen LogP contribution in [0.5, 0.6) is 0 Å². The van der Waals surface area contributed by atoms with E-state index in [0.29, 0.717) is 37.3 Å². The number of piperazine rings is 1. The van der Waals surface area contributed by atoms with Crippen LogP contribution in [0.25, 0.3) is 21.3 Å². The lowest BCUT2D eigenvalue weighted by Gasteiger charge is -2.34. The maximum atomic E-state index is 13.4. The minimum absolute atomic E-state index is 0.00132. The predicted octanol–water partition coefficient (Wildman–Crippen LogP) is 3.34. The number of halogens is 1. The van der Waals surface area contributed by atoms with Crippen LogP contribution in [0.3, 0.4) is 0 Å². The molecule has 0 spiro atoms. The van der Waals surface area contributed by atoms with Crippen molar-refractivity contribution in [2.45, 2.75) is 0 Å². The Morgan fingerprint density at radius 2 is 1.68 bits per heavy atom. The Morgan fingerprint density at radius 3 is 2.50 bits per heavy atom. The first-order valence-corrected chi connectivity index (χ1v) is 9.80. The molecule has 8 heteroatoms. The molecule has 2 aromatic heterocycles. The zero-order valence-corrected chi connectivity index (χ0v) is 15.7. The molecule has 1 aliphatic heterocycles. The zero-order valence-electron chi connectivity index (χ0n) is 14.9. The third-order valence-corrected chi connectivity index (χ3v) is 5.97. The van der Waals surface area contributed by atoms with Crippen molar-refractivity contribution >= 4 is 43.6 Å². The summed E-state index contributed by atoms with van der Waals surface area (Å²) in [4.78, 5) is 30.0. The number of carbonyl (C=O) groups is 1. The van der Waals surface area contributed by atoms with Crippen LogP contribution in [0.2, 0.25) is 0 Å². The van der Waals surface area contributed by atoms with Gasteiger partial charge < -0.3 is 9.80 Å². The molecule has 3 heterocycles. The predicted molar refractivity (Wildman–Crippen MR) is 107 cm³/mol. The highest BCUT2D eigenvalue weighted by molar-refractivity contribution is 7.22. The fraction of sp³-hybridized carbons (Fsp3) is 0.200. The number of thiazole rings is 1. The van der Waals surface area contributed by atoms with E-state index in [1.54, 1.807) is 30.6 Å². The number of aromatic nitrogens is 3. The highest BCUT2D eigenvalue weighted by Crippen LogP contribution is 2.30. The normalized spacial score (nSPS) is 14.8. The molecule has 1 amide bonds. The monoisotopic (exact) mass is 393 g/mol. The minimum atomic E-state index is -0.252. The SMILES string of the molecule is O=C(c1ccc2nccnc2c1)N1CCN(c2nc3ccc(F)cc3s2)CC1. The smallest absolute Gasteiger partial charge is 0.254 e. The summed E-state index contributed by atoms with van der Waals surface area (Å²) >= 11 is 1.48. The van der Waals surface area contributed by atoms with Gasteiger partial charge in [0.05, 0.1) is 21.3 Å². The fourth-order valence-electron chi connectivity index (χ4n) is 3.40. The van der Waals surface area contributed by atoms with Gasteiger partial charge in [-0.05, 0) is 36.4 Å². The third kappa shape index (κ3) is 3.05. The van der Waals surface area contributed by atoms with Crippen LogP contribution in [-0.4, -0.2) is 51.9 Å². The molecule has 0 N–H and O–H groups in total. The van der Waals surface area contributed by atoms with Gasteiger partial charge in [0.1, 0.15) is 5.82 Å². The van der Waals surface area contributed by atoms with Crippen LogP contribution in [0.15, 0.2) is 48.8 Å². The number of benzene rings is 2. The second-order valence-corrected chi connectivity index (χ2v) is 7.66. The van der Waals surface area contributed by atoms with E-state index in [-0.39, 0.29) is 11.7 Å². The van der Waals surface area contributed by atoms with Crippen molar-refractivity contribution in [3.05, 3.63) is 60.2 Å². The van der Waals surface area contributed by atoms with E-state index in [1.807, 2.05) is 11.0 Å². The average molecular weight is 393 g/mol. The fourth-order valence-corrected chi connectivity index (χ4v) is 4.44. The van der Waals surface area contributed by atoms with Crippen LogP contribution in [-0.2, 0) is 0 Å². The first-order valence-electron chi connectivity index (χ1n) is 8.98. The maximum Gasteiger partial charge on any atom is 0.254 e. The van der Waals surface area contributed by atoms with Gasteiger partial charge in [-0.25, -0.2) is 9.37 Å². The summed E-state index contributed by atoms with van der Waals surface area (Å²) in [6.07, 6.45) is 3.26. The van der Waals surface area contributed by atoms with E-state index in [4.69, 9.17) is 0 Å². The molecule has 1 fully saturated rings. The molecular formula is C20H16FN5OS. The lowest BCUT2D eigenvalue weighted by molar-refractivity contribution is 0.0747. The molecule has 1 aliphatic rings. The summed E-state index contributed by atoms with van der Waals surface area (Å²) < 4.78 is 14.2. The summed E-state index contributed by atoms with van der Waals surface area (Å²) in [7, 11) is 0. The van der Waals surface area contributed by atoms with E-state index in [2.05, 4.69) is 19.9 Å². The van der Waals surface area contributed by atoms with Crippen molar-refractivity contribution in [2.75, 3.05) is 31.1 Å². The highest BCUT2D eigenvalue weighted by atomic mass is 32.1. The van der Waals surface area contributed by atoms with E-state index < -0.39 is 0 Å². The highest BCUT2D eigenvalue weighted by Gasteiger charge is 2.24. The Bertz CT molecular complexity index is 1190. The first kappa shape index (κ1) is 17.0. The molecule has 1 saturated heterocycles. The van der Waals surface area contributed by atoms with Gasteiger partial charge in [-0.3, -0.25) is 14.8 Å². The Hall–Kier alpha value is -3.13. The standard InChI is InChI=1S/C20H16FN5OS/c21-14-2-4-16-18(12-14)28-20(24-16)26-9-7-25(8-10-26)19(27)13-1-3-15-17(11-13)23-6-5-22-15/h1-6,11-12H,7-10H2. The van der Waals surface area contributed by atoms with Gasteiger partial charge in [0, 0.05) is 44.1 Å². The largest absolute Gasteiger partial charge is 0.345 e. The summed E-state index contributed by atoms with van der Waals surface area (Å²) in [6, 6.07) is 10.1. The molecule has 0 saturated carbocycles. The average Bonchev–Trinajstić information content (AvgIpc) is 3.16. The summed E-state index contributed by atoms with van der Waals surface area (Å²) in [5.74, 6) is -0.253. The number of anilines is 1. The van der Waals surface area contributed by atoms with Gasteiger partial charge in [-0.1, -0.05) is 11.3 Å². The van der Waals surface area contributed by atoms with E-state index >= 15 is 0 Å². The van der Waals surface area contributed by atoms with Crippen LogP contribution in [0.1, 0.15) is 10.4 Å². The number of fused-ring (bicyclic) bond motifs is 2. The molecule has 6 nitrogen and oxygen atoms in total. The van der Waals surface area contributed by atoms with Crippen molar-refractivity contribution in [1.29, 1.82) is 0 Å². The van der Waals surface area contributed by atoms with Crippen LogP contribution in [0.4, 0.5) is 9.52 Å². The van der Waals surface area contributed by atoms with Gasteiger partial charge in [0.15, 0.2) is 5.13 Å². The lowest BCUT2D eigenvalue weighted by Crippen LogP contribution is -2.48. The van der Waals surface area contributed by atoms with E-state index in [0.717, 1.165) is 20.9 Å². The molecule has 4 aromatic rings. The molecule has 0 radical (unpaired) electrons. The van der Waals surface area contributed by atoms with Gasteiger partial charge in [0.25, 0.3) is 5.91 Å². The number of hydrogen-bond acceptors (Lipinski definition) is 6. The van der Waals surface area contributed by atoms with Gasteiger partial charge in [0.2, 0.25) is 0 Å². The van der Waals surface area contributed by atoms with E-state index in [1.165, 1.54) is 23.5 Å². The number of amides is 1. The summed E-state index contributed by atoms with van der Waals surface area (Å²) in [6.45, 7) is 2.62. The molecule has 0 atom stereocenters. The topological polar surface area (TPSA) is 62.2 Å². The molecule has 5 rings (SSSR count). The summed E-state index contributed by atoms with van der Waals surface area (Å²) in [5, 5.41) is 0.869. The minimum Gasteiger partial charge on any atom is -0.345 e. The molecule has 2 aromatic carbocycles. The molecule has 0 bridgehead atoms. The molecule has 0 aliphatic carbocycles. The van der Waals surface area contributed by atoms with Crippen molar-refractivity contribution in [2.24, 2.45) is 0 Å². The number of nitrogens with zero attached hydrogens (tertiary/aromatic N) is 5. The second kappa shape index (κ2) is 6.79. The Labute approximate surface area is 164 Å². The Kier molecular flexibility index (Phi) is 4.12. The second-order valence-electron chi connectivity index (χ2n) is 6.65. The number of carbonyl (C=O) groups excluding carboxylic acids is 1. The lowest BCUT2D eigenvalue weighted by atomic mass is 10.1. The summed E-state index contributed by atoms with van der Waals surface area (Å²) in [5.41, 5.74) is 2.92. The van der Waals surface area contributed by atoms with Crippen molar-refractivity contribution in [3.8, 4) is 0 Å². The van der Waals surface area contributed by atoms with Crippen LogP contribution < -0.4 is 4.90 Å².